The van der Waals surface area contributed by atoms with E-state index in [1.807, 2.05) is 18.3 Å². The maximum Gasteiger partial charge on any atom is 0.0570 e. The predicted octanol–water partition coefficient (Wildman–Crippen LogP) is 3.56. The highest BCUT2D eigenvalue weighted by Crippen LogP contribution is 2.12. The van der Waals surface area contributed by atoms with E-state index in [4.69, 9.17) is 0 Å². The Morgan fingerprint density at radius 2 is 1.88 bits per heavy atom. The van der Waals surface area contributed by atoms with E-state index >= 15 is 0 Å². The Hall–Kier alpha value is -0.890. The zero-order valence-electron chi connectivity index (χ0n) is 10.9. The molecule has 2 nitrogen and oxygen atoms in total. The Labute approximate surface area is 99.5 Å². The number of pyridine rings is 1. The monoisotopic (exact) mass is 220 g/mol. The van der Waals surface area contributed by atoms with Crippen molar-refractivity contribution >= 4 is 0 Å². The van der Waals surface area contributed by atoms with Crippen LogP contribution in [0, 0.1) is 5.92 Å². The third-order valence-electron chi connectivity index (χ3n) is 2.84. The van der Waals surface area contributed by atoms with Crippen LogP contribution in [0.4, 0.5) is 0 Å². The van der Waals surface area contributed by atoms with Crippen LogP contribution in [0.3, 0.4) is 0 Å². The first-order valence-corrected chi connectivity index (χ1v) is 6.26. The Morgan fingerprint density at radius 1 is 1.12 bits per heavy atom. The summed E-state index contributed by atoms with van der Waals surface area (Å²) in [5.74, 6) is 0.786. The fourth-order valence-electron chi connectivity index (χ4n) is 1.81. The second kappa shape index (κ2) is 6.64. The summed E-state index contributed by atoms with van der Waals surface area (Å²) in [6.07, 6.45) is 4.37. The van der Waals surface area contributed by atoms with E-state index in [0.29, 0.717) is 12.1 Å². The van der Waals surface area contributed by atoms with Crippen molar-refractivity contribution in [2.24, 2.45) is 5.92 Å². The van der Waals surface area contributed by atoms with Gasteiger partial charge in [-0.05, 0) is 44.7 Å². The molecule has 0 aliphatic carbocycles. The number of rotatable bonds is 6. The molecule has 1 N–H and O–H groups in total. The second-order valence-electron chi connectivity index (χ2n) is 5.02. The largest absolute Gasteiger partial charge is 0.306 e. The molecule has 0 aliphatic rings. The van der Waals surface area contributed by atoms with Crippen LogP contribution in [0.1, 0.15) is 52.3 Å². The molecule has 0 aromatic carbocycles. The summed E-state index contributed by atoms with van der Waals surface area (Å²) in [6, 6.07) is 6.97. The summed E-state index contributed by atoms with van der Waals surface area (Å²) >= 11 is 0. The fraction of sp³-hybridized carbons (Fsp3) is 0.643. The Bertz CT molecular complexity index is 282. The van der Waals surface area contributed by atoms with Gasteiger partial charge in [-0.2, -0.15) is 0 Å². The number of nitrogens with zero attached hydrogens (tertiary/aromatic N) is 1. The highest BCUT2D eigenvalue weighted by atomic mass is 15.0. The molecular weight excluding hydrogens is 196 g/mol. The maximum atomic E-state index is 4.36. The number of aromatic nitrogens is 1. The second-order valence-corrected chi connectivity index (χ2v) is 5.02. The lowest BCUT2D eigenvalue weighted by molar-refractivity contribution is 0.413. The molecule has 16 heavy (non-hydrogen) atoms. The molecule has 1 unspecified atom stereocenters. The van der Waals surface area contributed by atoms with Gasteiger partial charge in [-0.15, -0.1) is 0 Å². The van der Waals surface area contributed by atoms with Crippen LogP contribution in [-0.2, 0) is 0 Å². The van der Waals surface area contributed by atoms with Gasteiger partial charge in [-0.3, -0.25) is 4.98 Å². The van der Waals surface area contributed by atoms with Gasteiger partial charge in [0.1, 0.15) is 0 Å². The Kier molecular flexibility index (Phi) is 5.47. The first kappa shape index (κ1) is 13.2. The maximum absolute atomic E-state index is 4.36. The first-order valence-electron chi connectivity index (χ1n) is 6.26. The van der Waals surface area contributed by atoms with Gasteiger partial charge < -0.3 is 5.32 Å². The summed E-state index contributed by atoms with van der Waals surface area (Å²) in [7, 11) is 0. The number of hydrogen-bond donors (Lipinski definition) is 1. The molecule has 0 amide bonds. The number of nitrogens with one attached hydrogen (secondary N) is 1. The lowest BCUT2D eigenvalue weighted by Gasteiger charge is -2.20. The fourth-order valence-corrected chi connectivity index (χ4v) is 1.81. The zero-order valence-corrected chi connectivity index (χ0v) is 10.9. The minimum absolute atomic E-state index is 0.336. The van der Waals surface area contributed by atoms with Crippen molar-refractivity contribution in [1.82, 2.24) is 10.3 Å². The van der Waals surface area contributed by atoms with E-state index in [9.17, 15) is 0 Å². The van der Waals surface area contributed by atoms with Crippen LogP contribution in [0.5, 0.6) is 0 Å². The summed E-state index contributed by atoms with van der Waals surface area (Å²) in [5, 5.41) is 3.59. The first-order chi connectivity index (χ1) is 7.59. The third kappa shape index (κ3) is 4.75. The Morgan fingerprint density at radius 3 is 2.44 bits per heavy atom. The molecule has 1 heterocycles. The molecule has 90 valence electrons. The van der Waals surface area contributed by atoms with Crippen molar-refractivity contribution < 1.29 is 0 Å². The van der Waals surface area contributed by atoms with Crippen molar-refractivity contribution in [2.75, 3.05) is 0 Å². The standard InChI is InChI=1S/C14H24N2/c1-11(2)8-9-12(3)16-13(4)14-7-5-6-10-15-14/h5-7,10-13,16H,8-9H2,1-4H3/t12?,13-/m1/s1. The quantitative estimate of drug-likeness (QED) is 0.793. The van der Waals surface area contributed by atoms with Gasteiger partial charge in [0.15, 0.2) is 0 Å². The molecule has 0 aliphatic heterocycles. The minimum atomic E-state index is 0.336. The van der Waals surface area contributed by atoms with Crippen LogP contribution >= 0.6 is 0 Å². The highest BCUT2D eigenvalue weighted by molar-refractivity contribution is 5.07. The molecule has 1 aromatic rings. The zero-order chi connectivity index (χ0) is 12.0. The van der Waals surface area contributed by atoms with E-state index in [1.165, 1.54) is 12.8 Å². The average molecular weight is 220 g/mol. The topological polar surface area (TPSA) is 24.9 Å². The van der Waals surface area contributed by atoms with E-state index in [1.54, 1.807) is 0 Å². The van der Waals surface area contributed by atoms with Gasteiger partial charge in [-0.1, -0.05) is 19.9 Å². The summed E-state index contributed by atoms with van der Waals surface area (Å²) in [6.45, 7) is 8.97. The molecule has 1 aromatic heterocycles. The molecular formula is C14H24N2. The lowest BCUT2D eigenvalue weighted by Crippen LogP contribution is -2.29. The van der Waals surface area contributed by atoms with Gasteiger partial charge in [0.25, 0.3) is 0 Å². The van der Waals surface area contributed by atoms with Crippen LogP contribution in [-0.4, -0.2) is 11.0 Å². The van der Waals surface area contributed by atoms with Crippen molar-refractivity contribution in [1.29, 1.82) is 0 Å². The van der Waals surface area contributed by atoms with Gasteiger partial charge in [0.2, 0.25) is 0 Å². The summed E-state index contributed by atoms with van der Waals surface area (Å²) < 4.78 is 0. The molecule has 2 atom stereocenters. The lowest BCUT2D eigenvalue weighted by atomic mass is 10.0. The molecule has 0 spiro atoms. The van der Waals surface area contributed by atoms with Gasteiger partial charge in [0, 0.05) is 18.3 Å². The van der Waals surface area contributed by atoms with Gasteiger partial charge in [0.05, 0.1) is 5.69 Å². The molecule has 0 saturated heterocycles. The predicted molar refractivity (Wildman–Crippen MR) is 69.3 cm³/mol. The minimum Gasteiger partial charge on any atom is -0.306 e. The summed E-state index contributed by atoms with van der Waals surface area (Å²) in [5.41, 5.74) is 1.12. The van der Waals surface area contributed by atoms with E-state index in [2.05, 4.69) is 44.1 Å². The molecule has 0 bridgehead atoms. The summed E-state index contributed by atoms with van der Waals surface area (Å²) in [4.78, 5) is 4.36. The van der Waals surface area contributed by atoms with Crippen LogP contribution in [0.15, 0.2) is 24.4 Å². The third-order valence-corrected chi connectivity index (χ3v) is 2.84. The van der Waals surface area contributed by atoms with Crippen molar-refractivity contribution in [2.45, 2.75) is 52.6 Å². The molecule has 2 heteroatoms. The molecule has 0 radical (unpaired) electrons. The molecule has 1 rings (SSSR count). The smallest absolute Gasteiger partial charge is 0.0570 e. The van der Waals surface area contributed by atoms with Crippen LogP contribution < -0.4 is 5.32 Å². The SMILES string of the molecule is CC(C)CCC(C)N[C@H](C)c1ccccn1. The average Bonchev–Trinajstić information content (AvgIpc) is 2.27. The highest BCUT2D eigenvalue weighted by Gasteiger charge is 2.10. The van der Waals surface area contributed by atoms with E-state index in [-0.39, 0.29) is 0 Å². The van der Waals surface area contributed by atoms with Crippen molar-refractivity contribution in [3.8, 4) is 0 Å². The van der Waals surface area contributed by atoms with Gasteiger partial charge in [-0.25, -0.2) is 0 Å². The van der Waals surface area contributed by atoms with E-state index < -0.39 is 0 Å². The number of hydrogen-bond acceptors (Lipinski definition) is 2. The van der Waals surface area contributed by atoms with Crippen molar-refractivity contribution in [3.63, 3.8) is 0 Å². The Balaban J connectivity index is 2.36. The van der Waals surface area contributed by atoms with Crippen LogP contribution in [0.2, 0.25) is 0 Å². The van der Waals surface area contributed by atoms with Gasteiger partial charge >= 0.3 is 0 Å². The van der Waals surface area contributed by atoms with E-state index in [0.717, 1.165) is 11.6 Å². The molecule has 0 saturated carbocycles. The molecule has 0 fully saturated rings. The normalized spacial score (nSPS) is 15.1. The van der Waals surface area contributed by atoms with Crippen LogP contribution in [0.25, 0.3) is 0 Å². The van der Waals surface area contributed by atoms with Crippen molar-refractivity contribution in [3.05, 3.63) is 30.1 Å².